The summed E-state index contributed by atoms with van der Waals surface area (Å²) in [5.74, 6) is 3.51. The molecule has 0 aromatic rings. The number of hydrogen-bond acceptors (Lipinski definition) is 1. The van der Waals surface area contributed by atoms with Gasteiger partial charge in [0.1, 0.15) is 5.78 Å². The van der Waals surface area contributed by atoms with Gasteiger partial charge in [-0.25, -0.2) is 0 Å². The molecule has 1 heteroatoms. The smallest absolute Gasteiger partial charge is 0.137 e. The fourth-order valence-corrected chi connectivity index (χ4v) is 5.00. The minimum absolute atomic E-state index is 0.238. The van der Waals surface area contributed by atoms with Crippen molar-refractivity contribution < 1.29 is 4.79 Å². The maximum atomic E-state index is 12.5. The Morgan fingerprint density at radius 3 is 2.12 bits per heavy atom. The van der Waals surface area contributed by atoms with Crippen LogP contribution in [0.1, 0.15) is 59.8 Å². The fraction of sp³-hybridized carbons (Fsp3) is 0.938. The molecule has 17 heavy (non-hydrogen) atoms. The Hall–Kier alpha value is -0.330. The molecule has 3 aliphatic carbocycles. The van der Waals surface area contributed by atoms with Gasteiger partial charge < -0.3 is 0 Å². The number of fused-ring (bicyclic) bond motifs is 2. The monoisotopic (exact) mass is 234 g/mol. The zero-order valence-corrected chi connectivity index (χ0v) is 11.8. The second kappa shape index (κ2) is 3.36. The van der Waals surface area contributed by atoms with Crippen LogP contribution >= 0.6 is 0 Å². The average molecular weight is 234 g/mol. The molecule has 0 N–H and O–H groups in total. The van der Waals surface area contributed by atoms with Gasteiger partial charge in [-0.05, 0) is 47.8 Å². The van der Waals surface area contributed by atoms with Crippen LogP contribution < -0.4 is 0 Å². The molecule has 0 spiro atoms. The zero-order valence-electron chi connectivity index (χ0n) is 11.8. The summed E-state index contributed by atoms with van der Waals surface area (Å²) in [6.07, 6.45) is 6.51. The highest BCUT2D eigenvalue weighted by molar-refractivity contribution is 5.86. The maximum Gasteiger partial charge on any atom is 0.137 e. The van der Waals surface area contributed by atoms with Crippen LogP contribution in [-0.2, 0) is 4.79 Å². The third-order valence-electron chi connectivity index (χ3n) is 6.69. The summed E-state index contributed by atoms with van der Waals surface area (Å²) in [5.41, 5.74) is 0.476. The topological polar surface area (TPSA) is 17.1 Å². The van der Waals surface area contributed by atoms with Crippen molar-refractivity contribution in [2.75, 3.05) is 0 Å². The Morgan fingerprint density at radius 1 is 1.06 bits per heavy atom. The van der Waals surface area contributed by atoms with Crippen LogP contribution in [0.5, 0.6) is 0 Å². The number of Topliss-reactive ketones (excluding diaryl/α,β-unsaturated/α-hetero) is 1. The van der Waals surface area contributed by atoms with E-state index in [9.17, 15) is 4.79 Å². The van der Waals surface area contributed by atoms with E-state index in [1.165, 1.54) is 25.7 Å². The molecular weight excluding hydrogens is 208 g/mol. The van der Waals surface area contributed by atoms with Gasteiger partial charge in [-0.3, -0.25) is 4.79 Å². The normalized spacial score (nSPS) is 41.8. The molecule has 0 aromatic heterocycles. The number of rotatable bonds is 3. The zero-order chi connectivity index (χ0) is 12.4. The summed E-state index contributed by atoms with van der Waals surface area (Å²) >= 11 is 0. The number of hydrogen-bond donors (Lipinski definition) is 0. The molecule has 0 saturated heterocycles. The minimum Gasteiger partial charge on any atom is -0.299 e. The van der Waals surface area contributed by atoms with Crippen molar-refractivity contribution in [3.8, 4) is 0 Å². The third kappa shape index (κ3) is 1.54. The summed E-state index contributed by atoms with van der Waals surface area (Å²) in [7, 11) is 0. The second-order valence-electron chi connectivity index (χ2n) is 7.98. The molecule has 3 aliphatic rings. The molecule has 0 amide bonds. The summed E-state index contributed by atoms with van der Waals surface area (Å²) in [5, 5.41) is 0. The van der Waals surface area contributed by atoms with E-state index in [0.717, 1.165) is 24.2 Å². The summed E-state index contributed by atoms with van der Waals surface area (Å²) in [6, 6.07) is 0. The quantitative estimate of drug-likeness (QED) is 0.719. The Balaban J connectivity index is 1.62. The van der Waals surface area contributed by atoms with Crippen LogP contribution in [-0.4, -0.2) is 5.78 Å². The highest BCUT2D eigenvalue weighted by atomic mass is 16.1. The first kappa shape index (κ1) is 11.7. The molecule has 3 unspecified atom stereocenters. The van der Waals surface area contributed by atoms with E-state index in [2.05, 4.69) is 27.7 Å². The average Bonchev–Trinajstić information content (AvgIpc) is 2.66. The molecule has 3 rings (SSSR count). The second-order valence-corrected chi connectivity index (χ2v) is 7.98. The SMILES string of the molecule is CC1(C)C(C(=O)CC2CC3CCC2C3)C1(C)C. The van der Waals surface area contributed by atoms with Crippen LogP contribution in [0.25, 0.3) is 0 Å². The summed E-state index contributed by atoms with van der Waals surface area (Å²) in [6.45, 7) is 9.04. The van der Waals surface area contributed by atoms with Gasteiger partial charge in [-0.1, -0.05) is 34.1 Å². The molecule has 0 aromatic carbocycles. The van der Waals surface area contributed by atoms with Crippen molar-refractivity contribution in [3.05, 3.63) is 0 Å². The van der Waals surface area contributed by atoms with E-state index in [0.29, 0.717) is 11.7 Å². The van der Waals surface area contributed by atoms with E-state index >= 15 is 0 Å². The fourth-order valence-electron chi connectivity index (χ4n) is 5.00. The Morgan fingerprint density at radius 2 is 1.71 bits per heavy atom. The van der Waals surface area contributed by atoms with Gasteiger partial charge in [-0.2, -0.15) is 0 Å². The third-order valence-corrected chi connectivity index (χ3v) is 6.69. The van der Waals surface area contributed by atoms with E-state index in [1.807, 2.05) is 0 Å². The van der Waals surface area contributed by atoms with Crippen molar-refractivity contribution in [2.45, 2.75) is 59.8 Å². The lowest BCUT2D eigenvalue weighted by Crippen LogP contribution is -2.18. The number of ketones is 1. The standard InChI is InChI=1S/C16H26O/c1-15(2)14(16(15,3)4)13(17)9-12-8-10-5-6-11(12)7-10/h10-12,14H,5-9H2,1-4H3. The first-order valence-corrected chi connectivity index (χ1v) is 7.36. The molecule has 0 heterocycles. The molecule has 2 bridgehead atoms. The Bertz CT molecular complexity index is 339. The number of carbonyl (C=O) groups is 1. The van der Waals surface area contributed by atoms with Gasteiger partial charge in [0.2, 0.25) is 0 Å². The minimum atomic E-state index is 0.238. The Kier molecular flexibility index (Phi) is 2.32. The Labute approximate surface area is 105 Å². The van der Waals surface area contributed by atoms with Gasteiger partial charge in [0.05, 0.1) is 0 Å². The summed E-state index contributed by atoms with van der Waals surface area (Å²) < 4.78 is 0. The molecule has 0 radical (unpaired) electrons. The predicted molar refractivity (Wildman–Crippen MR) is 69.6 cm³/mol. The van der Waals surface area contributed by atoms with E-state index in [4.69, 9.17) is 0 Å². The lowest BCUT2D eigenvalue weighted by molar-refractivity contribution is -0.122. The summed E-state index contributed by atoms with van der Waals surface area (Å²) in [4.78, 5) is 12.5. The van der Waals surface area contributed by atoms with Gasteiger partial charge in [0.15, 0.2) is 0 Å². The van der Waals surface area contributed by atoms with Crippen LogP contribution in [0.3, 0.4) is 0 Å². The van der Waals surface area contributed by atoms with Gasteiger partial charge in [-0.15, -0.1) is 0 Å². The van der Waals surface area contributed by atoms with Crippen molar-refractivity contribution in [3.63, 3.8) is 0 Å². The van der Waals surface area contributed by atoms with Crippen LogP contribution in [0.2, 0.25) is 0 Å². The first-order chi connectivity index (χ1) is 7.84. The lowest BCUT2D eigenvalue weighted by Gasteiger charge is -2.21. The molecular formula is C16H26O. The van der Waals surface area contributed by atoms with Crippen LogP contribution in [0, 0.1) is 34.5 Å². The predicted octanol–water partition coefficient (Wildman–Crippen LogP) is 4.06. The van der Waals surface area contributed by atoms with Crippen molar-refractivity contribution >= 4 is 5.78 Å². The molecule has 3 atom stereocenters. The highest BCUT2D eigenvalue weighted by Crippen LogP contribution is 2.69. The molecule has 0 aliphatic heterocycles. The molecule has 3 fully saturated rings. The van der Waals surface area contributed by atoms with E-state index in [1.54, 1.807) is 0 Å². The van der Waals surface area contributed by atoms with Gasteiger partial charge in [0, 0.05) is 12.3 Å². The number of carbonyl (C=O) groups excluding carboxylic acids is 1. The molecule has 96 valence electrons. The van der Waals surface area contributed by atoms with Crippen molar-refractivity contribution in [2.24, 2.45) is 34.5 Å². The van der Waals surface area contributed by atoms with Gasteiger partial charge in [0.25, 0.3) is 0 Å². The lowest BCUT2D eigenvalue weighted by atomic mass is 9.84. The van der Waals surface area contributed by atoms with E-state index in [-0.39, 0.29) is 10.8 Å². The van der Waals surface area contributed by atoms with Crippen LogP contribution in [0.4, 0.5) is 0 Å². The largest absolute Gasteiger partial charge is 0.299 e. The highest BCUT2D eigenvalue weighted by Gasteiger charge is 2.67. The van der Waals surface area contributed by atoms with Crippen LogP contribution in [0.15, 0.2) is 0 Å². The molecule has 1 nitrogen and oxygen atoms in total. The van der Waals surface area contributed by atoms with Crippen molar-refractivity contribution in [1.29, 1.82) is 0 Å². The molecule has 3 saturated carbocycles. The van der Waals surface area contributed by atoms with E-state index < -0.39 is 0 Å². The first-order valence-electron chi connectivity index (χ1n) is 7.36. The van der Waals surface area contributed by atoms with Crippen molar-refractivity contribution in [1.82, 2.24) is 0 Å². The van der Waals surface area contributed by atoms with Gasteiger partial charge >= 0.3 is 0 Å². The maximum absolute atomic E-state index is 12.5.